The van der Waals surface area contributed by atoms with E-state index in [2.05, 4.69) is 0 Å². The molecule has 0 aromatic carbocycles. The Labute approximate surface area is 110 Å². The van der Waals surface area contributed by atoms with Crippen LogP contribution in [0.4, 0.5) is 0 Å². The van der Waals surface area contributed by atoms with Gasteiger partial charge in [-0.3, -0.25) is 4.79 Å². The summed E-state index contributed by atoms with van der Waals surface area (Å²) in [5.74, 6) is -0.760. The average Bonchev–Trinajstić information content (AvgIpc) is 2.60. The minimum absolute atomic E-state index is 0.294. The van der Waals surface area contributed by atoms with Gasteiger partial charge in [-0.05, 0) is 31.8 Å². The summed E-state index contributed by atoms with van der Waals surface area (Å²) in [4.78, 5) is 12.1. The smallest absolute Gasteiger partial charge is 0.317 e. The van der Waals surface area contributed by atoms with Crippen molar-refractivity contribution in [3.05, 3.63) is 23.8 Å². The Morgan fingerprint density at radius 1 is 1.28 bits per heavy atom. The molecule has 0 saturated heterocycles. The summed E-state index contributed by atoms with van der Waals surface area (Å²) < 4.78 is 5.37. The summed E-state index contributed by atoms with van der Waals surface area (Å²) in [5.41, 5.74) is -0.0829. The molecule has 0 fully saturated rings. The number of carbonyl (C=O) groups excluding carboxylic acids is 1. The van der Waals surface area contributed by atoms with Crippen LogP contribution in [-0.2, 0) is 9.53 Å². The maximum absolute atomic E-state index is 12.1. The molecule has 0 heterocycles. The minimum Gasteiger partial charge on any atom is -0.459 e. The van der Waals surface area contributed by atoms with Gasteiger partial charge in [-0.15, -0.1) is 0 Å². The van der Waals surface area contributed by atoms with Gasteiger partial charge >= 0.3 is 5.97 Å². The standard InChI is InChI=1S/C15H24O3/c1-14(2,3)12(16)10-8-7-9-11(10)13(17)18-15(4,5)6/h7-9,11-12,16H,1-6H3. The first-order chi connectivity index (χ1) is 8.02. The van der Waals surface area contributed by atoms with Crippen LogP contribution in [0.15, 0.2) is 23.8 Å². The first-order valence-electron chi connectivity index (χ1n) is 6.31. The number of hydrogen-bond donors (Lipinski definition) is 1. The van der Waals surface area contributed by atoms with Gasteiger partial charge in [0.25, 0.3) is 0 Å². The molecule has 18 heavy (non-hydrogen) atoms. The largest absolute Gasteiger partial charge is 0.459 e. The van der Waals surface area contributed by atoms with Gasteiger partial charge in [0.2, 0.25) is 0 Å². The van der Waals surface area contributed by atoms with Crippen LogP contribution in [0, 0.1) is 11.3 Å². The van der Waals surface area contributed by atoms with Crippen molar-refractivity contribution >= 4 is 5.97 Å². The van der Waals surface area contributed by atoms with Crippen LogP contribution in [-0.4, -0.2) is 22.8 Å². The predicted octanol–water partition coefficient (Wildman–Crippen LogP) is 2.85. The molecule has 0 bridgehead atoms. The summed E-state index contributed by atoms with van der Waals surface area (Å²) in [6.45, 7) is 11.4. The second-order valence-electron chi connectivity index (χ2n) is 6.83. The lowest BCUT2D eigenvalue weighted by atomic mass is 9.81. The SMILES string of the molecule is CC(C)(C)OC(=O)C1C=CC=C1C(O)C(C)(C)C. The summed E-state index contributed by atoms with van der Waals surface area (Å²) in [6, 6.07) is 0. The molecule has 2 unspecified atom stereocenters. The highest BCUT2D eigenvalue weighted by Crippen LogP contribution is 2.33. The molecule has 2 atom stereocenters. The maximum atomic E-state index is 12.1. The van der Waals surface area contributed by atoms with E-state index in [4.69, 9.17) is 4.74 Å². The lowest BCUT2D eigenvalue weighted by Crippen LogP contribution is -2.35. The van der Waals surface area contributed by atoms with E-state index in [0.717, 1.165) is 5.57 Å². The third kappa shape index (κ3) is 3.70. The van der Waals surface area contributed by atoms with Crippen molar-refractivity contribution in [3.63, 3.8) is 0 Å². The average molecular weight is 252 g/mol. The molecule has 0 aromatic rings. The zero-order valence-corrected chi connectivity index (χ0v) is 12.2. The number of carbonyl (C=O) groups is 1. The van der Waals surface area contributed by atoms with E-state index in [-0.39, 0.29) is 11.4 Å². The topological polar surface area (TPSA) is 46.5 Å². The molecule has 3 nitrogen and oxygen atoms in total. The molecule has 0 aromatic heterocycles. The van der Waals surface area contributed by atoms with Gasteiger partial charge in [0, 0.05) is 0 Å². The second-order valence-corrected chi connectivity index (χ2v) is 6.83. The normalized spacial score (nSPS) is 21.7. The molecular weight excluding hydrogens is 228 g/mol. The number of aliphatic hydroxyl groups excluding tert-OH is 1. The molecule has 102 valence electrons. The highest BCUT2D eigenvalue weighted by atomic mass is 16.6. The lowest BCUT2D eigenvalue weighted by Gasteiger charge is -2.30. The molecule has 1 N–H and O–H groups in total. The molecule has 1 rings (SSSR count). The van der Waals surface area contributed by atoms with Crippen LogP contribution < -0.4 is 0 Å². The van der Waals surface area contributed by atoms with Crippen LogP contribution >= 0.6 is 0 Å². The van der Waals surface area contributed by atoms with Crippen LogP contribution in [0.5, 0.6) is 0 Å². The van der Waals surface area contributed by atoms with Gasteiger partial charge < -0.3 is 9.84 Å². The molecule has 1 aliphatic carbocycles. The van der Waals surface area contributed by atoms with Gasteiger partial charge in [0.05, 0.1) is 12.0 Å². The summed E-state index contributed by atoms with van der Waals surface area (Å²) in [6.07, 6.45) is 4.74. The highest BCUT2D eigenvalue weighted by molar-refractivity contribution is 5.80. The van der Waals surface area contributed by atoms with Crippen molar-refractivity contribution in [2.75, 3.05) is 0 Å². The molecule has 0 amide bonds. The maximum Gasteiger partial charge on any atom is 0.317 e. The Hall–Kier alpha value is -1.09. The number of allylic oxidation sites excluding steroid dienone is 2. The summed E-state index contributed by atoms with van der Waals surface area (Å²) >= 11 is 0. The highest BCUT2D eigenvalue weighted by Gasteiger charge is 2.35. The van der Waals surface area contributed by atoms with E-state index in [9.17, 15) is 9.90 Å². The third-order valence-corrected chi connectivity index (χ3v) is 2.75. The first kappa shape index (κ1) is 15.0. The quantitative estimate of drug-likeness (QED) is 0.769. The van der Waals surface area contributed by atoms with E-state index in [1.165, 1.54) is 0 Å². The van der Waals surface area contributed by atoms with Crippen LogP contribution in [0.1, 0.15) is 41.5 Å². The number of hydrogen-bond acceptors (Lipinski definition) is 3. The van der Waals surface area contributed by atoms with Gasteiger partial charge in [0.1, 0.15) is 5.60 Å². The van der Waals surface area contributed by atoms with Crippen LogP contribution in [0.3, 0.4) is 0 Å². The fourth-order valence-corrected chi connectivity index (χ4v) is 1.83. The Bertz CT molecular complexity index is 378. The van der Waals surface area contributed by atoms with Crippen molar-refractivity contribution in [1.29, 1.82) is 0 Å². The van der Waals surface area contributed by atoms with Crippen molar-refractivity contribution in [2.24, 2.45) is 11.3 Å². The second kappa shape index (κ2) is 4.88. The Morgan fingerprint density at radius 3 is 2.28 bits per heavy atom. The van der Waals surface area contributed by atoms with Gasteiger partial charge in [-0.2, -0.15) is 0 Å². The van der Waals surface area contributed by atoms with E-state index in [0.29, 0.717) is 0 Å². The summed E-state index contributed by atoms with van der Waals surface area (Å²) in [5, 5.41) is 10.3. The lowest BCUT2D eigenvalue weighted by molar-refractivity contribution is -0.157. The van der Waals surface area contributed by atoms with Gasteiger partial charge in [0.15, 0.2) is 0 Å². The zero-order valence-electron chi connectivity index (χ0n) is 12.2. The third-order valence-electron chi connectivity index (χ3n) is 2.75. The monoisotopic (exact) mass is 252 g/mol. The van der Waals surface area contributed by atoms with Crippen molar-refractivity contribution < 1.29 is 14.6 Å². The number of rotatable bonds is 2. The van der Waals surface area contributed by atoms with Crippen molar-refractivity contribution in [1.82, 2.24) is 0 Å². The van der Waals surface area contributed by atoms with Gasteiger partial charge in [-0.1, -0.05) is 39.0 Å². The van der Waals surface area contributed by atoms with Crippen LogP contribution in [0.2, 0.25) is 0 Å². The molecule has 0 radical (unpaired) electrons. The van der Waals surface area contributed by atoms with Crippen molar-refractivity contribution in [2.45, 2.75) is 53.2 Å². The van der Waals surface area contributed by atoms with E-state index >= 15 is 0 Å². The van der Waals surface area contributed by atoms with Crippen molar-refractivity contribution in [3.8, 4) is 0 Å². The Morgan fingerprint density at radius 2 is 1.83 bits per heavy atom. The Kier molecular flexibility index (Phi) is 4.06. The molecule has 3 heteroatoms. The molecule has 0 saturated carbocycles. The zero-order chi connectivity index (χ0) is 14.1. The van der Waals surface area contributed by atoms with Gasteiger partial charge in [-0.25, -0.2) is 0 Å². The number of aliphatic hydroxyl groups is 1. The molecule has 0 aliphatic heterocycles. The Balaban J connectivity index is 2.82. The first-order valence-corrected chi connectivity index (χ1v) is 6.31. The van der Waals surface area contributed by atoms with E-state index < -0.39 is 17.6 Å². The summed E-state index contributed by atoms with van der Waals surface area (Å²) in [7, 11) is 0. The predicted molar refractivity (Wildman–Crippen MR) is 72.0 cm³/mol. The molecular formula is C15H24O3. The van der Waals surface area contributed by atoms with Crippen LogP contribution in [0.25, 0.3) is 0 Å². The minimum atomic E-state index is -0.648. The number of ether oxygens (including phenoxy) is 1. The fourth-order valence-electron chi connectivity index (χ4n) is 1.83. The van der Waals surface area contributed by atoms with E-state index in [1.807, 2.05) is 47.6 Å². The number of esters is 1. The molecule has 1 aliphatic rings. The fraction of sp³-hybridized carbons (Fsp3) is 0.667. The molecule has 0 spiro atoms. The van der Waals surface area contributed by atoms with E-state index in [1.54, 1.807) is 12.2 Å².